The molecule has 27 heavy (non-hydrogen) atoms. The molecule has 2 aliphatic rings. The maximum Gasteiger partial charge on any atom is 0.239 e. The zero-order valence-corrected chi connectivity index (χ0v) is 18.2. The van der Waals surface area contributed by atoms with Gasteiger partial charge in [0.2, 0.25) is 5.91 Å². The zero-order valence-electron chi connectivity index (χ0n) is 15.9. The first-order valence-corrected chi connectivity index (χ1v) is 9.62. The van der Waals surface area contributed by atoms with Crippen LogP contribution in [0.25, 0.3) is 0 Å². The average molecular weight is 488 g/mol. The highest BCUT2D eigenvalue weighted by atomic mass is 127. The van der Waals surface area contributed by atoms with Crippen molar-refractivity contribution in [3.63, 3.8) is 0 Å². The van der Waals surface area contributed by atoms with Crippen molar-refractivity contribution in [3.8, 4) is 0 Å². The van der Waals surface area contributed by atoms with Crippen molar-refractivity contribution in [2.75, 3.05) is 20.1 Å². The van der Waals surface area contributed by atoms with Gasteiger partial charge in [-0.15, -0.1) is 24.0 Å². The van der Waals surface area contributed by atoms with Gasteiger partial charge in [0, 0.05) is 25.0 Å². The summed E-state index contributed by atoms with van der Waals surface area (Å²) in [7, 11) is 1.68. The van der Waals surface area contributed by atoms with E-state index in [0.717, 1.165) is 31.2 Å². The Morgan fingerprint density at radius 2 is 1.89 bits per heavy atom. The van der Waals surface area contributed by atoms with Crippen LogP contribution in [0.15, 0.2) is 29.3 Å². The number of carbonyl (C=O) groups excluding carboxylic acids is 1. The minimum atomic E-state index is -0.159. The van der Waals surface area contributed by atoms with E-state index in [1.165, 1.54) is 25.3 Å². The molecule has 2 saturated carbocycles. The predicted octanol–water partition coefficient (Wildman–Crippen LogP) is 3.09. The number of aliphatic imine (C=N–C) groups is 1. The molecule has 3 N–H and O–H groups in total. The minimum absolute atomic E-state index is 0. The lowest BCUT2D eigenvalue weighted by Crippen LogP contribution is -2.47. The Labute approximate surface area is 178 Å². The summed E-state index contributed by atoms with van der Waals surface area (Å²) in [5.41, 5.74) is 0.603. The summed E-state index contributed by atoms with van der Waals surface area (Å²) in [6, 6.07) is 7.27. The normalized spacial score (nSPS) is 19.0. The first kappa shape index (κ1) is 21.9. The molecule has 0 bridgehead atoms. The average Bonchev–Trinajstić information content (AvgIpc) is 3.44. The number of halogens is 2. The number of nitrogens with one attached hydrogen (secondary N) is 3. The van der Waals surface area contributed by atoms with Gasteiger partial charge < -0.3 is 16.0 Å². The maximum absolute atomic E-state index is 14.1. The van der Waals surface area contributed by atoms with Crippen molar-refractivity contribution in [2.24, 2.45) is 4.99 Å². The number of hydrogen-bond donors (Lipinski definition) is 3. The van der Waals surface area contributed by atoms with Gasteiger partial charge in [0.1, 0.15) is 5.82 Å². The molecule has 0 radical (unpaired) electrons. The van der Waals surface area contributed by atoms with E-state index in [2.05, 4.69) is 20.9 Å². The molecular formula is C20H30FIN4O. The quantitative estimate of drug-likeness (QED) is 0.328. The van der Waals surface area contributed by atoms with Crippen molar-refractivity contribution >= 4 is 35.8 Å². The molecule has 2 fully saturated rings. The van der Waals surface area contributed by atoms with Gasteiger partial charge in [0.05, 0.1) is 6.54 Å². The molecule has 1 amide bonds. The highest BCUT2D eigenvalue weighted by Gasteiger charge is 2.45. The predicted molar refractivity (Wildman–Crippen MR) is 117 cm³/mol. The molecule has 0 aromatic heterocycles. The molecule has 3 rings (SSSR count). The summed E-state index contributed by atoms with van der Waals surface area (Å²) >= 11 is 0. The summed E-state index contributed by atoms with van der Waals surface area (Å²) in [5.74, 6) is 0.420. The van der Waals surface area contributed by atoms with Gasteiger partial charge in [0.25, 0.3) is 0 Å². The topological polar surface area (TPSA) is 65.5 Å². The summed E-state index contributed by atoms with van der Waals surface area (Å²) < 4.78 is 14.1. The number of nitrogens with zero attached hydrogens (tertiary/aromatic N) is 1. The Kier molecular flexibility index (Phi) is 8.31. The van der Waals surface area contributed by atoms with Crippen molar-refractivity contribution in [3.05, 3.63) is 35.6 Å². The highest BCUT2D eigenvalue weighted by Crippen LogP contribution is 2.48. The fourth-order valence-corrected chi connectivity index (χ4v) is 3.75. The SMILES string of the molecule is CN=C(NCC(=O)NC1CCCCC1)NCC1(c2ccccc2F)CC1.I. The first-order chi connectivity index (χ1) is 12.6. The zero-order chi connectivity index (χ0) is 18.4. The van der Waals surface area contributed by atoms with Gasteiger partial charge in [-0.05, 0) is 37.3 Å². The number of amides is 1. The Morgan fingerprint density at radius 1 is 1.19 bits per heavy atom. The van der Waals surface area contributed by atoms with Crippen LogP contribution in [0.5, 0.6) is 0 Å². The van der Waals surface area contributed by atoms with Crippen LogP contribution in [0.1, 0.15) is 50.5 Å². The molecule has 1 aromatic carbocycles. The summed E-state index contributed by atoms with van der Waals surface area (Å²) in [4.78, 5) is 16.3. The fraction of sp³-hybridized carbons (Fsp3) is 0.600. The van der Waals surface area contributed by atoms with Crippen molar-refractivity contribution in [1.29, 1.82) is 0 Å². The molecule has 0 atom stereocenters. The Balaban J connectivity index is 0.00000261. The van der Waals surface area contributed by atoms with Gasteiger partial charge in [-0.25, -0.2) is 4.39 Å². The highest BCUT2D eigenvalue weighted by molar-refractivity contribution is 14.0. The Bertz CT molecular complexity index is 657. The van der Waals surface area contributed by atoms with Crippen LogP contribution in [-0.4, -0.2) is 38.0 Å². The molecule has 7 heteroatoms. The lowest BCUT2D eigenvalue weighted by molar-refractivity contribution is -0.120. The molecule has 0 spiro atoms. The fourth-order valence-electron chi connectivity index (χ4n) is 3.75. The molecule has 0 heterocycles. The number of carbonyl (C=O) groups is 1. The van der Waals surface area contributed by atoms with Gasteiger partial charge in [0.15, 0.2) is 5.96 Å². The van der Waals surface area contributed by atoms with Crippen molar-refractivity contribution < 1.29 is 9.18 Å². The summed E-state index contributed by atoms with van der Waals surface area (Å²) in [5, 5.41) is 9.39. The lowest BCUT2D eigenvalue weighted by atomic mass is 9.95. The summed E-state index contributed by atoms with van der Waals surface area (Å²) in [6.07, 6.45) is 7.72. The standard InChI is InChI=1S/C20H29FN4O.HI/c1-22-19(23-13-18(26)25-15-7-3-2-4-8-15)24-14-20(11-12-20)16-9-5-6-10-17(16)21;/h5-6,9-10,15H,2-4,7-8,11-14H2,1H3,(H,25,26)(H2,22,23,24);1H. The van der Waals surface area contributed by atoms with Crippen LogP contribution in [0.2, 0.25) is 0 Å². The van der Waals surface area contributed by atoms with Crippen molar-refractivity contribution in [2.45, 2.75) is 56.4 Å². The number of benzene rings is 1. The molecule has 0 saturated heterocycles. The van der Waals surface area contributed by atoms with Gasteiger partial charge in [-0.2, -0.15) is 0 Å². The van der Waals surface area contributed by atoms with E-state index in [0.29, 0.717) is 18.5 Å². The molecule has 0 unspecified atom stereocenters. The van der Waals surface area contributed by atoms with Crippen LogP contribution in [0.4, 0.5) is 4.39 Å². The first-order valence-electron chi connectivity index (χ1n) is 9.62. The minimum Gasteiger partial charge on any atom is -0.356 e. The van der Waals surface area contributed by atoms with E-state index in [1.807, 2.05) is 12.1 Å². The van der Waals surface area contributed by atoms with E-state index in [4.69, 9.17) is 0 Å². The van der Waals surface area contributed by atoms with E-state index in [-0.39, 0.29) is 47.7 Å². The monoisotopic (exact) mass is 488 g/mol. The van der Waals surface area contributed by atoms with E-state index < -0.39 is 0 Å². The molecular weight excluding hydrogens is 458 g/mol. The van der Waals surface area contributed by atoms with Crippen LogP contribution < -0.4 is 16.0 Å². The van der Waals surface area contributed by atoms with Crippen LogP contribution >= 0.6 is 24.0 Å². The smallest absolute Gasteiger partial charge is 0.239 e. The van der Waals surface area contributed by atoms with E-state index >= 15 is 0 Å². The van der Waals surface area contributed by atoms with E-state index in [9.17, 15) is 9.18 Å². The molecule has 1 aromatic rings. The third-order valence-electron chi connectivity index (χ3n) is 5.50. The van der Waals surface area contributed by atoms with E-state index in [1.54, 1.807) is 13.1 Å². The second-order valence-corrected chi connectivity index (χ2v) is 7.44. The Morgan fingerprint density at radius 3 is 2.52 bits per heavy atom. The molecule has 2 aliphatic carbocycles. The van der Waals surface area contributed by atoms with Gasteiger partial charge in [-0.3, -0.25) is 9.79 Å². The molecule has 150 valence electrons. The van der Waals surface area contributed by atoms with Gasteiger partial charge >= 0.3 is 0 Å². The molecule has 5 nitrogen and oxygen atoms in total. The van der Waals surface area contributed by atoms with Gasteiger partial charge in [-0.1, -0.05) is 37.5 Å². The second kappa shape index (κ2) is 10.2. The Hall–Kier alpha value is -1.38. The van der Waals surface area contributed by atoms with Crippen LogP contribution in [0, 0.1) is 5.82 Å². The summed E-state index contributed by atoms with van der Waals surface area (Å²) in [6.45, 7) is 0.806. The largest absolute Gasteiger partial charge is 0.356 e. The maximum atomic E-state index is 14.1. The number of guanidine groups is 1. The molecule has 0 aliphatic heterocycles. The van der Waals surface area contributed by atoms with Crippen molar-refractivity contribution in [1.82, 2.24) is 16.0 Å². The number of hydrogen-bond acceptors (Lipinski definition) is 2. The lowest BCUT2D eigenvalue weighted by Gasteiger charge is -2.23. The second-order valence-electron chi connectivity index (χ2n) is 7.44. The van der Waals surface area contributed by atoms with Crippen LogP contribution in [-0.2, 0) is 10.2 Å². The number of rotatable bonds is 6. The third kappa shape index (κ3) is 6.05. The van der Waals surface area contributed by atoms with Crippen LogP contribution in [0.3, 0.4) is 0 Å². The third-order valence-corrected chi connectivity index (χ3v) is 5.50.